The van der Waals surface area contributed by atoms with Crippen molar-refractivity contribution >= 4 is 74.3 Å². The van der Waals surface area contributed by atoms with Gasteiger partial charge in [0.25, 0.3) is 6.71 Å². The van der Waals surface area contributed by atoms with Crippen LogP contribution in [0.2, 0.25) is 0 Å². The zero-order valence-corrected chi connectivity index (χ0v) is 55.2. The second-order valence-corrected chi connectivity index (χ2v) is 31.9. The standard InChI is InChI=1S/C82H92BN3/c1-76(2,3)56-28-23-31-61(44-56)84(62-32-24-29-57(45-62)77(4,5)6)64-49-73-75-74(50-64)86(70-41-39-59(79(10,11)12)47-65(70)55-36-34-54(35-37-55)53-26-21-20-22-27-53)72-52-67-66(81(16,17)42-43-82(67,18)19)51-69(72)83(75)68-40-38-60(80(13,14)15)48-71(68)85(73)63-33-25-30-58(46-63)78(7,8)9/h20-41,44-52H,42-43H2,1-19H3. The van der Waals surface area contributed by atoms with Gasteiger partial charge < -0.3 is 14.7 Å². The van der Waals surface area contributed by atoms with Crippen LogP contribution >= 0.6 is 0 Å². The molecule has 0 amide bonds. The molecule has 1 aliphatic carbocycles. The SMILES string of the molecule is CC(C)(C)c1cccc(N(c2cccc(C(C)(C)C)c2)c2cc3c4c(c2)N(c2ccc(C(C)(C)C)cc2-c2ccc(-c5ccccc5)cc2)c2cc5c(cc2B4c2ccc(C(C)(C)C)cc2N3c2cccc(C(C)(C)C)c2)C(C)(C)CCC5(C)C)c1. The normalized spacial score (nSPS) is 15.4. The molecular weight excluding hydrogens is 1040 g/mol. The summed E-state index contributed by atoms with van der Waals surface area (Å²) in [7, 11) is 0. The summed E-state index contributed by atoms with van der Waals surface area (Å²) in [4.78, 5) is 7.96. The van der Waals surface area contributed by atoms with E-state index in [-0.39, 0.29) is 44.6 Å². The molecule has 0 saturated carbocycles. The van der Waals surface area contributed by atoms with E-state index in [1.165, 1.54) is 106 Å². The summed E-state index contributed by atoms with van der Waals surface area (Å²) in [6, 6.07) is 73.7. The maximum atomic E-state index is 2.73. The van der Waals surface area contributed by atoms with Gasteiger partial charge in [0.15, 0.2) is 0 Å². The van der Waals surface area contributed by atoms with Gasteiger partial charge in [0.1, 0.15) is 0 Å². The lowest BCUT2D eigenvalue weighted by Crippen LogP contribution is -2.62. The van der Waals surface area contributed by atoms with Crippen molar-refractivity contribution < 1.29 is 0 Å². The fourth-order valence-corrected chi connectivity index (χ4v) is 13.9. The molecule has 0 N–H and O–H groups in total. The largest absolute Gasteiger partial charge is 0.311 e. The smallest absolute Gasteiger partial charge is 0.252 e. The van der Waals surface area contributed by atoms with Crippen LogP contribution in [0, 0.1) is 0 Å². The van der Waals surface area contributed by atoms with Crippen molar-refractivity contribution in [3.63, 3.8) is 0 Å². The molecule has 9 aromatic carbocycles. The highest BCUT2D eigenvalue weighted by Gasteiger charge is 2.48. The van der Waals surface area contributed by atoms with E-state index in [4.69, 9.17) is 0 Å². The molecule has 86 heavy (non-hydrogen) atoms. The molecule has 0 saturated heterocycles. The molecule has 2 heterocycles. The molecule has 3 aliphatic rings. The molecule has 3 nitrogen and oxygen atoms in total. The molecule has 438 valence electrons. The third kappa shape index (κ3) is 10.5. The zero-order chi connectivity index (χ0) is 61.4. The van der Waals surface area contributed by atoms with Gasteiger partial charge in [-0.1, -0.05) is 247 Å². The fourth-order valence-electron chi connectivity index (χ4n) is 13.9. The fraction of sp³-hybridized carbons (Fsp3) is 0.341. The first-order chi connectivity index (χ1) is 40.3. The second-order valence-electron chi connectivity index (χ2n) is 31.9. The molecule has 2 aliphatic heterocycles. The predicted octanol–water partition coefficient (Wildman–Crippen LogP) is 21.4. The minimum atomic E-state index is -0.0999. The van der Waals surface area contributed by atoms with E-state index in [0.29, 0.717) is 0 Å². The Balaban J connectivity index is 1.27. The third-order valence-electron chi connectivity index (χ3n) is 19.5. The number of fused-ring (bicyclic) bond motifs is 5. The Bertz CT molecular complexity index is 4030. The minimum Gasteiger partial charge on any atom is -0.311 e. The maximum absolute atomic E-state index is 2.73. The number of hydrogen-bond acceptors (Lipinski definition) is 3. The number of anilines is 9. The number of rotatable bonds is 7. The first-order valence-corrected chi connectivity index (χ1v) is 31.8. The summed E-state index contributed by atoms with van der Waals surface area (Å²) in [5.41, 5.74) is 28.4. The quantitative estimate of drug-likeness (QED) is 0.147. The van der Waals surface area contributed by atoms with Crippen LogP contribution in [-0.2, 0) is 37.9 Å². The van der Waals surface area contributed by atoms with Gasteiger partial charge in [-0.3, -0.25) is 0 Å². The van der Waals surface area contributed by atoms with Crippen LogP contribution in [0.4, 0.5) is 51.2 Å². The first kappa shape index (κ1) is 58.8. The average Bonchev–Trinajstić information content (AvgIpc) is 0.695. The van der Waals surface area contributed by atoms with Gasteiger partial charge in [-0.15, -0.1) is 0 Å². The Kier molecular flexibility index (Phi) is 14.0. The lowest BCUT2D eigenvalue weighted by molar-refractivity contribution is 0.332. The maximum Gasteiger partial charge on any atom is 0.252 e. The molecule has 0 aromatic heterocycles. The van der Waals surface area contributed by atoms with E-state index < -0.39 is 0 Å². The highest BCUT2D eigenvalue weighted by atomic mass is 15.2. The van der Waals surface area contributed by atoms with Crippen molar-refractivity contribution in [2.45, 2.75) is 182 Å². The van der Waals surface area contributed by atoms with Crippen LogP contribution in [0.3, 0.4) is 0 Å². The average molecular weight is 1130 g/mol. The van der Waals surface area contributed by atoms with Crippen molar-refractivity contribution in [2.75, 3.05) is 14.7 Å². The zero-order valence-electron chi connectivity index (χ0n) is 55.2. The molecule has 0 spiro atoms. The molecule has 0 atom stereocenters. The van der Waals surface area contributed by atoms with Gasteiger partial charge in [-0.05, 0) is 196 Å². The molecule has 0 radical (unpaired) electrons. The Morgan fingerprint density at radius 3 is 1.35 bits per heavy atom. The van der Waals surface area contributed by atoms with Crippen molar-refractivity contribution in [3.05, 3.63) is 227 Å². The summed E-state index contributed by atoms with van der Waals surface area (Å²) in [6.07, 6.45) is 2.26. The van der Waals surface area contributed by atoms with E-state index in [1.807, 2.05) is 0 Å². The molecule has 0 bridgehead atoms. The Morgan fingerprint density at radius 1 is 0.337 bits per heavy atom. The van der Waals surface area contributed by atoms with Gasteiger partial charge in [0, 0.05) is 45.4 Å². The van der Waals surface area contributed by atoms with Gasteiger partial charge >= 0.3 is 0 Å². The molecule has 0 unspecified atom stereocenters. The van der Waals surface area contributed by atoms with Crippen LogP contribution in [0.25, 0.3) is 22.3 Å². The van der Waals surface area contributed by atoms with Crippen LogP contribution < -0.4 is 31.1 Å². The van der Waals surface area contributed by atoms with Gasteiger partial charge in [0.05, 0.1) is 11.4 Å². The van der Waals surface area contributed by atoms with Gasteiger partial charge in [0.2, 0.25) is 0 Å². The highest BCUT2D eigenvalue weighted by Crippen LogP contribution is 2.54. The topological polar surface area (TPSA) is 9.72 Å². The summed E-state index contributed by atoms with van der Waals surface area (Å²) in [5.74, 6) is 0. The first-order valence-electron chi connectivity index (χ1n) is 31.8. The summed E-state index contributed by atoms with van der Waals surface area (Å²) < 4.78 is 0. The highest BCUT2D eigenvalue weighted by molar-refractivity contribution is 7.00. The third-order valence-corrected chi connectivity index (χ3v) is 19.5. The molecule has 9 aromatic rings. The summed E-state index contributed by atoms with van der Waals surface area (Å²) >= 11 is 0. The Hall–Kier alpha value is -7.56. The lowest BCUT2D eigenvalue weighted by Gasteiger charge is -2.48. The minimum absolute atomic E-state index is 0.0194. The van der Waals surface area contributed by atoms with Crippen molar-refractivity contribution in [3.8, 4) is 22.3 Å². The monoisotopic (exact) mass is 1130 g/mol. The summed E-state index contributed by atoms with van der Waals surface area (Å²) in [5, 5.41) is 0. The van der Waals surface area contributed by atoms with Crippen molar-refractivity contribution in [1.82, 2.24) is 0 Å². The number of benzene rings is 9. The summed E-state index contributed by atoms with van der Waals surface area (Å²) in [6.45, 7) is 45.1. The van der Waals surface area contributed by atoms with Crippen LogP contribution in [0.15, 0.2) is 188 Å². The Labute approximate surface area is 517 Å². The molecule has 4 heteroatoms. The van der Waals surface area contributed by atoms with Crippen LogP contribution in [-0.4, -0.2) is 6.71 Å². The molecule has 0 fully saturated rings. The van der Waals surface area contributed by atoms with Crippen molar-refractivity contribution in [1.29, 1.82) is 0 Å². The van der Waals surface area contributed by atoms with E-state index in [0.717, 1.165) is 35.6 Å². The van der Waals surface area contributed by atoms with E-state index in [9.17, 15) is 0 Å². The van der Waals surface area contributed by atoms with Crippen LogP contribution in [0.1, 0.15) is 183 Å². The Morgan fingerprint density at radius 2 is 0.791 bits per heavy atom. The van der Waals surface area contributed by atoms with Gasteiger partial charge in [-0.2, -0.15) is 0 Å². The number of hydrogen-bond donors (Lipinski definition) is 0. The van der Waals surface area contributed by atoms with Crippen molar-refractivity contribution in [2.24, 2.45) is 0 Å². The number of nitrogens with zero attached hydrogens (tertiary/aromatic N) is 3. The van der Waals surface area contributed by atoms with E-state index >= 15 is 0 Å². The van der Waals surface area contributed by atoms with E-state index in [1.54, 1.807) is 0 Å². The molecule has 12 rings (SSSR count). The predicted molar refractivity (Wildman–Crippen MR) is 375 cm³/mol. The van der Waals surface area contributed by atoms with E-state index in [2.05, 4.69) is 334 Å². The van der Waals surface area contributed by atoms with Gasteiger partial charge in [-0.25, -0.2) is 0 Å². The molecular formula is C82H92BN3. The van der Waals surface area contributed by atoms with Crippen LogP contribution in [0.5, 0.6) is 0 Å². The lowest BCUT2D eigenvalue weighted by atomic mass is 9.33. The second kappa shape index (κ2) is 20.5.